The first-order chi connectivity index (χ1) is 9.02. The zero-order valence-electron chi connectivity index (χ0n) is 10.3. The highest BCUT2D eigenvalue weighted by Gasteiger charge is 2.09. The molecule has 2 aromatic rings. The van der Waals surface area contributed by atoms with Crippen molar-refractivity contribution in [1.82, 2.24) is 19.3 Å². The Kier molecular flexibility index (Phi) is 4.38. The zero-order valence-corrected chi connectivity index (χ0v) is 12.7. The number of pyridine rings is 1. The van der Waals surface area contributed by atoms with Crippen molar-refractivity contribution in [3.05, 3.63) is 22.8 Å². The molecule has 0 aliphatic rings. The quantitative estimate of drug-likeness (QED) is 0.808. The lowest BCUT2D eigenvalue weighted by atomic mass is 10.5. The highest BCUT2D eigenvalue weighted by Crippen LogP contribution is 2.16. The monoisotopic (exact) mass is 347 g/mol. The molecule has 2 heterocycles. The molecule has 104 valence electrons. The Morgan fingerprint density at radius 3 is 2.95 bits per heavy atom. The summed E-state index contributed by atoms with van der Waals surface area (Å²) in [6.07, 6.45) is 1.77. The maximum Gasteiger partial charge on any atom is 0.243 e. The van der Waals surface area contributed by atoms with Gasteiger partial charge in [0.2, 0.25) is 16.0 Å². The van der Waals surface area contributed by atoms with E-state index in [0.717, 1.165) is 4.47 Å². The molecule has 7 nitrogen and oxygen atoms in total. The van der Waals surface area contributed by atoms with E-state index in [4.69, 9.17) is 0 Å². The molecule has 9 heteroatoms. The van der Waals surface area contributed by atoms with Crippen molar-refractivity contribution >= 4 is 37.5 Å². The van der Waals surface area contributed by atoms with Crippen molar-refractivity contribution < 1.29 is 8.42 Å². The number of fused-ring (bicyclic) bond motifs is 1. The first kappa shape index (κ1) is 14.2. The van der Waals surface area contributed by atoms with Crippen molar-refractivity contribution in [2.75, 3.05) is 24.2 Å². The van der Waals surface area contributed by atoms with Crippen molar-refractivity contribution in [2.24, 2.45) is 0 Å². The second kappa shape index (κ2) is 5.85. The van der Waals surface area contributed by atoms with Gasteiger partial charge in [0.05, 0.1) is 10.2 Å². The van der Waals surface area contributed by atoms with Crippen LogP contribution in [0, 0.1) is 0 Å². The van der Waals surface area contributed by atoms with Gasteiger partial charge in [-0.1, -0.05) is 6.92 Å². The van der Waals surface area contributed by atoms with Crippen LogP contribution in [0.1, 0.15) is 6.92 Å². The summed E-state index contributed by atoms with van der Waals surface area (Å²) >= 11 is 3.37. The minimum absolute atomic E-state index is 0.0163. The summed E-state index contributed by atoms with van der Waals surface area (Å²) in [6, 6.07) is 3.70. The normalized spacial score (nSPS) is 11.9. The molecule has 0 atom stereocenters. The fourth-order valence-electron chi connectivity index (χ4n) is 1.54. The SMILES string of the molecule is CCNS(=O)(=O)CCNc1nc2c(Br)cccn2n1. The van der Waals surface area contributed by atoms with Crippen molar-refractivity contribution in [2.45, 2.75) is 6.92 Å². The Bertz CT molecular complexity index is 670. The van der Waals surface area contributed by atoms with Gasteiger partial charge in [-0.2, -0.15) is 4.98 Å². The predicted molar refractivity (Wildman–Crippen MR) is 76.6 cm³/mol. The first-order valence-corrected chi connectivity index (χ1v) is 8.18. The van der Waals surface area contributed by atoms with Crippen LogP contribution in [-0.2, 0) is 10.0 Å². The lowest BCUT2D eigenvalue weighted by Crippen LogP contribution is -2.29. The fraction of sp³-hybridized carbons (Fsp3) is 0.400. The minimum atomic E-state index is -3.22. The van der Waals surface area contributed by atoms with Crippen LogP contribution in [0.4, 0.5) is 5.95 Å². The summed E-state index contributed by atoms with van der Waals surface area (Å²) in [7, 11) is -3.22. The van der Waals surface area contributed by atoms with Crippen LogP contribution in [0.5, 0.6) is 0 Å². The molecule has 0 saturated heterocycles. The molecule has 2 rings (SSSR count). The summed E-state index contributed by atoms with van der Waals surface area (Å²) in [4.78, 5) is 4.26. The van der Waals surface area contributed by atoms with Gasteiger partial charge in [0.15, 0.2) is 5.65 Å². The van der Waals surface area contributed by atoms with E-state index < -0.39 is 10.0 Å². The highest BCUT2D eigenvalue weighted by atomic mass is 79.9. The van der Waals surface area contributed by atoms with E-state index in [1.165, 1.54) is 0 Å². The lowest BCUT2D eigenvalue weighted by molar-refractivity contribution is 0.584. The molecule has 2 aromatic heterocycles. The average Bonchev–Trinajstić information content (AvgIpc) is 2.73. The average molecular weight is 348 g/mol. The van der Waals surface area contributed by atoms with Gasteiger partial charge in [0, 0.05) is 19.3 Å². The van der Waals surface area contributed by atoms with Crippen molar-refractivity contribution in [1.29, 1.82) is 0 Å². The Labute approximate surface area is 119 Å². The number of halogens is 1. The van der Waals surface area contributed by atoms with Crippen molar-refractivity contribution in [3.8, 4) is 0 Å². The predicted octanol–water partition coefficient (Wildman–Crippen LogP) is 0.843. The number of sulfonamides is 1. The van der Waals surface area contributed by atoms with Crippen molar-refractivity contribution in [3.63, 3.8) is 0 Å². The van der Waals surface area contributed by atoms with Crippen LogP contribution < -0.4 is 10.0 Å². The topological polar surface area (TPSA) is 88.4 Å². The van der Waals surface area contributed by atoms with Gasteiger partial charge in [-0.3, -0.25) is 0 Å². The standard InChI is InChI=1S/C10H14BrN5O2S/c1-2-13-19(17,18)7-5-12-10-14-9-8(11)4-3-6-16(9)15-10/h3-4,6,13H,2,5,7H2,1H3,(H,12,15). The number of nitrogens with one attached hydrogen (secondary N) is 2. The van der Waals surface area contributed by atoms with Gasteiger partial charge in [-0.15, -0.1) is 5.10 Å². The minimum Gasteiger partial charge on any atom is -0.352 e. The third-order valence-corrected chi connectivity index (χ3v) is 4.42. The largest absolute Gasteiger partial charge is 0.352 e. The molecule has 2 N–H and O–H groups in total. The Hall–Kier alpha value is -1.19. The van der Waals surface area contributed by atoms with Gasteiger partial charge in [-0.25, -0.2) is 17.7 Å². The van der Waals surface area contributed by atoms with Gasteiger partial charge in [-0.05, 0) is 28.1 Å². The molecule has 0 aliphatic heterocycles. The highest BCUT2D eigenvalue weighted by molar-refractivity contribution is 9.10. The third kappa shape index (κ3) is 3.64. The molecule has 0 bridgehead atoms. The Balaban J connectivity index is 2.01. The second-order valence-electron chi connectivity index (χ2n) is 3.80. The summed E-state index contributed by atoms with van der Waals surface area (Å²) in [5.74, 6) is 0.385. The maximum absolute atomic E-state index is 11.4. The number of nitrogens with zero attached hydrogens (tertiary/aromatic N) is 3. The van der Waals surface area contributed by atoms with Gasteiger partial charge >= 0.3 is 0 Å². The van der Waals surface area contributed by atoms with Crippen LogP contribution >= 0.6 is 15.9 Å². The van der Waals surface area contributed by atoms with Gasteiger partial charge < -0.3 is 5.32 Å². The maximum atomic E-state index is 11.4. The van der Waals surface area contributed by atoms with Crippen LogP contribution in [0.15, 0.2) is 22.8 Å². The van der Waals surface area contributed by atoms with E-state index in [0.29, 0.717) is 18.1 Å². The number of rotatable bonds is 6. The molecule has 0 saturated carbocycles. The van der Waals surface area contributed by atoms with Gasteiger partial charge in [0.1, 0.15) is 0 Å². The van der Waals surface area contributed by atoms with Crippen LogP contribution in [0.25, 0.3) is 5.65 Å². The van der Waals surface area contributed by atoms with E-state index in [2.05, 4.69) is 36.1 Å². The Morgan fingerprint density at radius 1 is 1.47 bits per heavy atom. The molecule has 0 aromatic carbocycles. The summed E-state index contributed by atoms with van der Waals surface area (Å²) in [6.45, 7) is 2.39. The van der Waals surface area contributed by atoms with Crippen LogP contribution in [0.3, 0.4) is 0 Å². The fourth-order valence-corrected chi connectivity index (χ4v) is 2.92. The summed E-state index contributed by atoms with van der Waals surface area (Å²) < 4.78 is 27.8. The molecule has 0 aliphatic carbocycles. The number of hydrogen-bond donors (Lipinski definition) is 2. The van der Waals surface area contributed by atoms with Crippen LogP contribution in [0.2, 0.25) is 0 Å². The summed E-state index contributed by atoms with van der Waals surface area (Å²) in [5, 5.41) is 7.08. The van der Waals surface area contributed by atoms with E-state index in [1.807, 2.05) is 12.1 Å². The second-order valence-corrected chi connectivity index (χ2v) is 6.58. The van der Waals surface area contributed by atoms with E-state index >= 15 is 0 Å². The Morgan fingerprint density at radius 2 is 2.26 bits per heavy atom. The molecule has 19 heavy (non-hydrogen) atoms. The van der Waals surface area contributed by atoms with E-state index in [1.54, 1.807) is 17.6 Å². The van der Waals surface area contributed by atoms with Gasteiger partial charge in [0.25, 0.3) is 0 Å². The molecular weight excluding hydrogens is 334 g/mol. The van der Waals surface area contributed by atoms with E-state index in [-0.39, 0.29) is 12.3 Å². The number of anilines is 1. The lowest BCUT2D eigenvalue weighted by Gasteiger charge is -2.04. The van der Waals surface area contributed by atoms with Crippen LogP contribution in [-0.4, -0.2) is 41.9 Å². The molecular formula is C10H14BrN5O2S. The summed E-state index contributed by atoms with van der Waals surface area (Å²) in [5.41, 5.74) is 0.680. The number of aromatic nitrogens is 3. The molecule has 0 radical (unpaired) electrons. The molecule has 0 fully saturated rings. The number of hydrogen-bond acceptors (Lipinski definition) is 5. The molecule has 0 unspecified atom stereocenters. The first-order valence-electron chi connectivity index (χ1n) is 5.74. The molecule has 0 spiro atoms. The smallest absolute Gasteiger partial charge is 0.243 e. The van der Waals surface area contributed by atoms with E-state index in [9.17, 15) is 8.42 Å². The third-order valence-electron chi connectivity index (χ3n) is 2.33. The molecule has 0 amide bonds. The zero-order chi connectivity index (χ0) is 13.9.